The van der Waals surface area contributed by atoms with Crippen molar-refractivity contribution in [2.45, 2.75) is 58.7 Å². The summed E-state index contributed by atoms with van der Waals surface area (Å²) in [4.78, 5) is 25.7. The van der Waals surface area contributed by atoms with Crippen molar-refractivity contribution in [2.75, 3.05) is 13.2 Å². The van der Waals surface area contributed by atoms with Crippen LogP contribution in [0.2, 0.25) is 10.0 Å². The minimum atomic E-state index is -1.00. The van der Waals surface area contributed by atoms with Crippen molar-refractivity contribution in [2.24, 2.45) is 0 Å². The molecule has 0 bridgehead atoms. The van der Waals surface area contributed by atoms with E-state index in [1.165, 1.54) is 12.8 Å². The molecule has 2 aromatic heterocycles. The minimum Gasteiger partial charge on any atom is -1.00 e. The predicted molar refractivity (Wildman–Crippen MR) is 234 cm³/mol. The fraction of sp³-hybridized carbons (Fsp3) is 0.256. The molecule has 0 spiro atoms. The van der Waals surface area contributed by atoms with Crippen LogP contribution in [0, 0.1) is 7.43 Å². The number of nitrogens with zero attached hydrogens (tertiary/aromatic N) is 4. The molecule has 3 heterocycles. The summed E-state index contributed by atoms with van der Waals surface area (Å²) in [6.07, 6.45) is 7.72. The number of hydrogen-bond donors (Lipinski definition) is 1. The van der Waals surface area contributed by atoms with Crippen LogP contribution in [0.5, 0.6) is 0 Å². The van der Waals surface area contributed by atoms with Crippen LogP contribution in [0.3, 0.4) is 0 Å². The third-order valence-electron chi connectivity index (χ3n) is 8.22. The average molecular weight is 1020 g/mol. The van der Waals surface area contributed by atoms with Crippen molar-refractivity contribution in [3.05, 3.63) is 158 Å². The number of ether oxygens (including phenoxy) is 1. The molecule has 0 amide bonds. The zero-order valence-electron chi connectivity index (χ0n) is 32.4. The standard InChI is InChI=1S/C19H18BrClN2O.C18H16BrClN2.C4H8O.CO2.CH3.BrH.Mg/c1-19(2,24)17-12-23(11-14-5-3-4-6-16(14)21)18(22-17)13-7-9-15(20)10-8-13;1-2-16-12-22(11-14-5-3-4-6-17(14)20)18(21-16)13-7-9-15(19)10-8-13;1-2-4-5-3-1;2-1-3;;;/h3-10,12,24H,11H2,1-2H3;3-10,12H,2,11H2,1H3;1-4H2;;1H3;1H;/q;;;;-1;;+2/p-1. The largest absolute Gasteiger partial charge is 2.00 e. The molecular formula is C43H45Br3Cl2MgN4O4. The summed E-state index contributed by atoms with van der Waals surface area (Å²) in [5.41, 5.74) is 4.92. The number of imidazole rings is 2. The van der Waals surface area contributed by atoms with Gasteiger partial charge < -0.3 is 43.4 Å². The van der Waals surface area contributed by atoms with Gasteiger partial charge in [-0.3, -0.25) is 0 Å². The Hall–Kier alpha value is -2.61. The first-order valence-electron chi connectivity index (χ1n) is 17.3. The molecule has 0 saturated carbocycles. The monoisotopic (exact) mass is 1010 g/mol. The molecule has 4 aromatic carbocycles. The quantitative estimate of drug-likeness (QED) is 0.122. The van der Waals surface area contributed by atoms with E-state index in [0.717, 1.165) is 84.8 Å². The summed E-state index contributed by atoms with van der Waals surface area (Å²) in [6, 6.07) is 31.9. The van der Waals surface area contributed by atoms with Crippen molar-refractivity contribution in [3.63, 3.8) is 0 Å². The Labute approximate surface area is 389 Å². The van der Waals surface area contributed by atoms with Gasteiger partial charge in [-0.25, -0.2) is 9.97 Å². The van der Waals surface area contributed by atoms with Crippen LogP contribution in [-0.2, 0) is 39.4 Å². The maximum absolute atomic E-state index is 10.3. The Morgan fingerprint density at radius 1 is 0.737 bits per heavy atom. The first-order valence-corrected chi connectivity index (χ1v) is 19.7. The normalized spacial score (nSPS) is 11.4. The maximum atomic E-state index is 10.3. The predicted octanol–water partition coefficient (Wildman–Crippen LogP) is 8.11. The molecular weight excluding hydrogens is 971 g/mol. The van der Waals surface area contributed by atoms with E-state index in [0.29, 0.717) is 12.2 Å². The van der Waals surface area contributed by atoms with Crippen LogP contribution in [0.4, 0.5) is 0 Å². The topological polar surface area (TPSA) is 99.2 Å². The van der Waals surface area contributed by atoms with Crippen LogP contribution in [0.25, 0.3) is 22.8 Å². The summed E-state index contributed by atoms with van der Waals surface area (Å²) in [5, 5.41) is 11.8. The Balaban J connectivity index is 0.000000458. The number of aromatic nitrogens is 4. The molecule has 0 unspecified atom stereocenters. The fourth-order valence-corrected chi connectivity index (χ4v) is 6.30. The Bertz CT molecular complexity index is 2110. The minimum absolute atomic E-state index is 0. The summed E-state index contributed by atoms with van der Waals surface area (Å²) < 4.78 is 11.2. The molecule has 1 saturated heterocycles. The summed E-state index contributed by atoms with van der Waals surface area (Å²) in [7, 11) is 0. The third kappa shape index (κ3) is 16.5. The van der Waals surface area contributed by atoms with E-state index < -0.39 is 5.60 Å². The van der Waals surface area contributed by atoms with E-state index >= 15 is 0 Å². The van der Waals surface area contributed by atoms with Crippen LogP contribution < -0.4 is 17.0 Å². The zero-order valence-corrected chi connectivity index (χ0v) is 40.1. The molecule has 0 radical (unpaired) electrons. The van der Waals surface area contributed by atoms with Gasteiger partial charge in [-0.15, -0.1) is 0 Å². The van der Waals surface area contributed by atoms with Crippen molar-refractivity contribution < 1.29 is 36.4 Å². The van der Waals surface area contributed by atoms with Gasteiger partial charge in [0, 0.05) is 55.7 Å². The van der Waals surface area contributed by atoms with Crippen LogP contribution in [0.15, 0.2) is 118 Å². The van der Waals surface area contributed by atoms with Gasteiger partial charge in [-0.05, 0) is 80.6 Å². The van der Waals surface area contributed by atoms with Gasteiger partial charge in [0.15, 0.2) is 0 Å². The van der Waals surface area contributed by atoms with Gasteiger partial charge in [-0.2, -0.15) is 9.59 Å². The summed E-state index contributed by atoms with van der Waals surface area (Å²) in [6.45, 7) is 8.90. The Morgan fingerprint density at radius 3 is 1.51 bits per heavy atom. The van der Waals surface area contributed by atoms with Crippen LogP contribution in [-0.4, -0.2) is 66.6 Å². The van der Waals surface area contributed by atoms with Crippen molar-refractivity contribution >= 4 is 84.3 Å². The van der Waals surface area contributed by atoms with E-state index in [-0.39, 0.29) is 53.6 Å². The average Bonchev–Trinajstić information content (AvgIpc) is 3.95. The van der Waals surface area contributed by atoms with Crippen molar-refractivity contribution in [3.8, 4) is 22.8 Å². The first-order chi connectivity index (χ1) is 25.9. The molecule has 1 aliphatic rings. The van der Waals surface area contributed by atoms with Crippen LogP contribution in [0.1, 0.15) is 56.1 Å². The molecule has 14 heteroatoms. The smallest absolute Gasteiger partial charge is 1.00 e. The molecule has 0 atom stereocenters. The van der Waals surface area contributed by atoms with E-state index in [1.54, 1.807) is 13.8 Å². The zero-order chi connectivity index (χ0) is 39.1. The van der Waals surface area contributed by atoms with E-state index in [1.807, 2.05) is 89.6 Å². The third-order valence-corrected chi connectivity index (χ3v) is 10.0. The van der Waals surface area contributed by atoms with Crippen molar-refractivity contribution in [1.82, 2.24) is 19.1 Å². The molecule has 8 nitrogen and oxygen atoms in total. The number of carbonyl (C=O) groups excluding carboxylic acids is 2. The molecule has 57 heavy (non-hydrogen) atoms. The second-order valence-corrected chi connectivity index (χ2v) is 15.4. The van der Waals surface area contributed by atoms with E-state index in [2.05, 4.69) is 72.7 Å². The molecule has 1 N–H and O–H groups in total. The van der Waals surface area contributed by atoms with Gasteiger partial charge in [0.1, 0.15) is 17.2 Å². The maximum Gasteiger partial charge on any atom is 2.00 e. The number of hydrogen-bond acceptors (Lipinski definition) is 6. The Morgan fingerprint density at radius 2 is 1.14 bits per heavy atom. The first kappa shape index (κ1) is 52.4. The number of aliphatic hydroxyl groups is 1. The number of aryl methyl sites for hydroxylation is 1. The molecule has 7 rings (SSSR count). The van der Waals surface area contributed by atoms with Crippen LogP contribution >= 0.6 is 55.1 Å². The second kappa shape index (κ2) is 26.5. The number of rotatable bonds is 8. The molecule has 0 aliphatic carbocycles. The molecule has 298 valence electrons. The fourth-order valence-electron chi connectivity index (χ4n) is 5.38. The van der Waals surface area contributed by atoms with Gasteiger partial charge in [0.25, 0.3) is 0 Å². The van der Waals surface area contributed by atoms with E-state index in [4.69, 9.17) is 42.5 Å². The van der Waals surface area contributed by atoms with Gasteiger partial charge in [0.05, 0.1) is 24.5 Å². The molecule has 1 fully saturated rings. The number of benzene rings is 4. The number of halogens is 5. The second-order valence-electron chi connectivity index (χ2n) is 12.8. The molecule has 6 aromatic rings. The van der Waals surface area contributed by atoms with E-state index in [9.17, 15) is 5.11 Å². The van der Waals surface area contributed by atoms with Gasteiger partial charge >= 0.3 is 29.2 Å². The van der Waals surface area contributed by atoms with Gasteiger partial charge in [-0.1, -0.05) is 123 Å². The van der Waals surface area contributed by atoms with Crippen molar-refractivity contribution in [1.29, 1.82) is 0 Å². The van der Waals surface area contributed by atoms with Gasteiger partial charge in [0.2, 0.25) is 0 Å². The SMILES string of the molecule is C1CCOC1.CC(C)(O)c1cn(Cc2ccccc2Cl)c(-c2ccc(Br)cc2)n1.CCc1cn(Cc2ccccc2Cl)c(-c2ccc(Br)cc2)n1.O=C=O.[Br-].[CH3-].[Mg+2]. The Kier molecular flexibility index (Phi) is 24.3. The molecule has 1 aliphatic heterocycles. The summed E-state index contributed by atoms with van der Waals surface area (Å²) in [5.74, 6) is 1.78. The summed E-state index contributed by atoms with van der Waals surface area (Å²) >= 11 is 19.5.